The average molecular weight is 243 g/mol. The van der Waals surface area contributed by atoms with Crippen LogP contribution in [-0.4, -0.2) is 20.7 Å². The second kappa shape index (κ2) is 4.03. The number of rotatable bonds is 1. The third kappa shape index (κ3) is 2.64. The van der Waals surface area contributed by atoms with Crippen LogP contribution < -0.4 is 0 Å². The average Bonchev–Trinajstić information content (AvgIpc) is 2.63. The number of nitrogens with zero attached hydrogens (tertiary/aromatic N) is 3. The molecule has 3 nitrogen and oxygen atoms in total. The zero-order valence-electron chi connectivity index (χ0n) is 10.6. The van der Waals surface area contributed by atoms with Gasteiger partial charge >= 0.3 is 0 Å². The Morgan fingerprint density at radius 2 is 2.12 bits per heavy atom. The van der Waals surface area contributed by atoms with Gasteiger partial charge < -0.3 is 4.57 Å². The topological polar surface area (TPSA) is 30.7 Å². The zero-order chi connectivity index (χ0) is 12.7. The van der Waals surface area contributed by atoms with E-state index in [9.17, 15) is 8.78 Å². The molecule has 1 atom stereocenters. The van der Waals surface area contributed by atoms with Crippen molar-refractivity contribution < 1.29 is 8.78 Å². The molecule has 0 N–H and O–H groups in total. The van der Waals surface area contributed by atoms with E-state index >= 15 is 0 Å². The molecule has 1 saturated carbocycles. The van der Waals surface area contributed by atoms with E-state index in [-0.39, 0.29) is 24.3 Å². The Balaban J connectivity index is 2.26. The molecule has 0 aliphatic heterocycles. The number of halogens is 2. The minimum atomic E-state index is -2.54. The number of alkyl halides is 2. The number of hydrogen-bond acceptors (Lipinski definition) is 2. The highest BCUT2D eigenvalue weighted by Crippen LogP contribution is 2.41. The highest BCUT2D eigenvalue weighted by atomic mass is 19.3. The molecule has 1 aromatic rings. The van der Waals surface area contributed by atoms with Crippen LogP contribution >= 0.6 is 0 Å². The van der Waals surface area contributed by atoms with Gasteiger partial charge in [0.05, 0.1) is 0 Å². The summed E-state index contributed by atoms with van der Waals surface area (Å²) in [6.07, 6.45) is 2.90. The van der Waals surface area contributed by atoms with Crippen LogP contribution in [0.1, 0.15) is 58.2 Å². The van der Waals surface area contributed by atoms with Crippen molar-refractivity contribution in [2.75, 3.05) is 0 Å². The predicted molar refractivity (Wildman–Crippen MR) is 61.2 cm³/mol. The summed E-state index contributed by atoms with van der Waals surface area (Å²) < 4.78 is 28.8. The van der Waals surface area contributed by atoms with Crippen LogP contribution in [0.15, 0.2) is 6.33 Å². The van der Waals surface area contributed by atoms with Crippen molar-refractivity contribution >= 4 is 0 Å². The summed E-state index contributed by atoms with van der Waals surface area (Å²) in [7, 11) is 0. The van der Waals surface area contributed by atoms with Crippen LogP contribution in [0.5, 0.6) is 0 Å². The quantitative estimate of drug-likeness (QED) is 0.757. The molecule has 0 spiro atoms. The largest absolute Gasteiger partial charge is 0.312 e. The smallest absolute Gasteiger partial charge is 0.248 e. The van der Waals surface area contributed by atoms with Crippen molar-refractivity contribution in [2.24, 2.45) is 0 Å². The molecule has 1 heterocycles. The molecular formula is C12H19F2N3. The molecule has 1 fully saturated rings. The first-order chi connectivity index (χ1) is 7.80. The van der Waals surface area contributed by atoms with Gasteiger partial charge in [-0.05, 0) is 33.6 Å². The van der Waals surface area contributed by atoms with Crippen LogP contribution in [0.3, 0.4) is 0 Å². The summed E-state index contributed by atoms with van der Waals surface area (Å²) in [6.45, 7) is 6.09. The van der Waals surface area contributed by atoms with E-state index in [0.29, 0.717) is 12.2 Å². The van der Waals surface area contributed by atoms with Crippen molar-refractivity contribution in [3.8, 4) is 0 Å². The molecule has 0 aromatic carbocycles. The molecule has 5 heteroatoms. The minimum Gasteiger partial charge on any atom is -0.312 e. The van der Waals surface area contributed by atoms with Gasteiger partial charge in [0.25, 0.3) is 0 Å². The first-order valence-corrected chi connectivity index (χ1v) is 6.08. The first kappa shape index (κ1) is 12.5. The lowest BCUT2D eigenvalue weighted by molar-refractivity contribution is -0.0424. The first-order valence-electron chi connectivity index (χ1n) is 6.08. The third-order valence-corrected chi connectivity index (χ3v) is 3.30. The van der Waals surface area contributed by atoms with Gasteiger partial charge in [0.15, 0.2) is 0 Å². The van der Waals surface area contributed by atoms with Gasteiger partial charge in [0, 0.05) is 24.3 Å². The number of hydrogen-bond donors (Lipinski definition) is 0. The normalized spacial score (nSPS) is 24.9. The minimum absolute atomic E-state index is 0.00710. The molecular weight excluding hydrogens is 224 g/mol. The molecule has 17 heavy (non-hydrogen) atoms. The maximum Gasteiger partial charge on any atom is 0.248 e. The standard InChI is InChI=1S/C12H19F2N3/c1-11(2,3)17-8-15-16-10(17)9-5-4-6-12(13,14)7-9/h8-9H,4-7H2,1-3H3. The second-order valence-electron chi connectivity index (χ2n) is 5.88. The van der Waals surface area contributed by atoms with Crippen LogP contribution in [-0.2, 0) is 5.54 Å². The summed E-state index contributed by atoms with van der Waals surface area (Å²) in [4.78, 5) is 0. The van der Waals surface area contributed by atoms with Gasteiger partial charge in [-0.1, -0.05) is 0 Å². The number of aromatic nitrogens is 3. The molecule has 1 unspecified atom stereocenters. The van der Waals surface area contributed by atoms with Crippen LogP contribution in [0.25, 0.3) is 0 Å². The van der Waals surface area contributed by atoms with E-state index < -0.39 is 5.92 Å². The monoisotopic (exact) mass is 243 g/mol. The SMILES string of the molecule is CC(C)(C)n1cnnc1C1CCCC(F)(F)C1. The van der Waals surface area contributed by atoms with Gasteiger partial charge in [-0.25, -0.2) is 8.78 Å². The Labute approximate surface area is 100 Å². The summed E-state index contributed by atoms with van der Waals surface area (Å²) in [5, 5.41) is 7.93. The van der Waals surface area contributed by atoms with Gasteiger partial charge in [-0.2, -0.15) is 0 Å². The van der Waals surface area contributed by atoms with E-state index in [1.807, 2.05) is 25.3 Å². The zero-order valence-corrected chi connectivity index (χ0v) is 10.6. The molecule has 1 aromatic heterocycles. The van der Waals surface area contributed by atoms with E-state index in [1.165, 1.54) is 0 Å². The lowest BCUT2D eigenvalue weighted by Gasteiger charge is -2.31. The molecule has 1 aliphatic rings. The van der Waals surface area contributed by atoms with Crippen LogP contribution in [0.2, 0.25) is 0 Å². The Kier molecular flexibility index (Phi) is 2.96. The molecule has 0 bridgehead atoms. The van der Waals surface area contributed by atoms with Crippen molar-refractivity contribution in [1.29, 1.82) is 0 Å². The van der Waals surface area contributed by atoms with Crippen molar-refractivity contribution in [3.63, 3.8) is 0 Å². The third-order valence-electron chi connectivity index (χ3n) is 3.30. The fraction of sp³-hybridized carbons (Fsp3) is 0.833. The molecule has 0 radical (unpaired) electrons. The lowest BCUT2D eigenvalue weighted by Crippen LogP contribution is -2.30. The lowest BCUT2D eigenvalue weighted by atomic mass is 9.85. The van der Waals surface area contributed by atoms with Gasteiger partial charge in [-0.3, -0.25) is 0 Å². The molecule has 1 aliphatic carbocycles. The fourth-order valence-corrected chi connectivity index (χ4v) is 2.43. The Morgan fingerprint density at radius 3 is 2.71 bits per heavy atom. The highest BCUT2D eigenvalue weighted by Gasteiger charge is 2.39. The van der Waals surface area contributed by atoms with Gasteiger partial charge in [0.2, 0.25) is 5.92 Å². The molecule has 96 valence electrons. The second-order valence-corrected chi connectivity index (χ2v) is 5.88. The van der Waals surface area contributed by atoms with E-state index in [1.54, 1.807) is 6.33 Å². The Bertz CT molecular complexity index is 393. The van der Waals surface area contributed by atoms with Crippen LogP contribution in [0, 0.1) is 0 Å². The molecule has 0 amide bonds. The van der Waals surface area contributed by atoms with E-state index in [2.05, 4.69) is 10.2 Å². The summed E-state index contributed by atoms with van der Waals surface area (Å²) in [6, 6.07) is 0. The van der Waals surface area contributed by atoms with Crippen molar-refractivity contribution in [1.82, 2.24) is 14.8 Å². The molecule has 2 rings (SSSR count). The van der Waals surface area contributed by atoms with Crippen LogP contribution in [0.4, 0.5) is 8.78 Å². The summed E-state index contributed by atoms with van der Waals surface area (Å²) >= 11 is 0. The molecule has 0 saturated heterocycles. The van der Waals surface area contributed by atoms with Crippen molar-refractivity contribution in [2.45, 2.75) is 63.8 Å². The maximum absolute atomic E-state index is 13.4. The Hall–Kier alpha value is -1.00. The van der Waals surface area contributed by atoms with Gasteiger partial charge in [-0.15, -0.1) is 10.2 Å². The van der Waals surface area contributed by atoms with E-state index in [4.69, 9.17) is 0 Å². The van der Waals surface area contributed by atoms with Gasteiger partial charge in [0.1, 0.15) is 12.2 Å². The fourth-order valence-electron chi connectivity index (χ4n) is 2.43. The Morgan fingerprint density at radius 1 is 1.41 bits per heavy atom. The summed E-state index contributed by atoms with van der Waals surface area (Å²) in [5.41, 5.74) is -0.161. The van der Waals surface area contributed by atoms with Crippen molar-refractivity contribution in [3.05, 3.63) is 12.2 Å². The summed E-state index contributed by atoms with van der Waals surface area (Å²) in [5.74, 6) is -2.00. The predicted octanol–water partition coefficient (Wildman–Crippen LogP) is 3.33. The maximum atomic E-state index is 13.4. The van der Waals surface area contributed by atoms with E-state index in [0.717, 1.165) is 6.42 Å². The highest BCUT2D eigenvalue weighted by molar-refractivity contribution is 5.03.